The normalized spacial score (nSPS) is 11.6. The van der Waals surface area contributed by atoms with Crippen LogP contribution in [0, 0.1) is 0 Å². The molecule has 2 aromatic rings. The van der Waals surface area contributed by atoms with Crippen molar-refractivity contribution in [1.29, 1.82) is 0 Å². The fraction of sp³-hybridized carbons (Fsp3) is 0.316. The lowest BCUT2D eigenvalue weighted by atomic mass is 10.2. The molecule has 1 amide bonds. The zero-order valence-corrected chi connectivity index (χ0v) is 14.0. The summed E-state index contributed by atoms with van der Waals surface area (Å²) < 4.78 is 16.2. The maximum atomic E-state index is 11.6. The van der Waals surface area contributed by atoms with Crippen LogP contribution < -0.4 is 10.1 Å². The number of anilines is 1. The largest absolute Gasteiger partial charge is 0.465 e. The molecule has 0 aliphatic rings. The molecular weight excluding hydrogens is 306 g/mol. The van der Waals surface area contributed by atoms with Crippen LogP contribution in [0.2, 0.25) is 0 Å². The van der Waals surface area contributed by atoms with Gasteiger partial charge in [-0.3, -0.25) is 5.32 Å². The molecule has 0 aliphatic heterocycles. The van der Waals surface area contributed by atoms with E-state index in [0.29, 0.717) is 5.69 Å². The average Bonchev–Trinajstić information content (AvgIpc) is 2.60. The minimum absolute atomic E-state index is 0.154. The van der Waals surface area contributed by atoms with Crippen molar-refractivity contribution in [3.8, 4) is 5.75 Å². The minimum Gasteiger partial charge on any atom is -0.465 e. The van der Waals surface area contributed by atoms with E-state index in [4.69, 9.17) is 14.2 Å². The first kappa shape index (κ1) is 17.8. The topological polar surface area (TPSA) is 56.8 Å². The number of para-hydroxylation sites is 1. The number of benzene rings is 2. The van der Waals surface area contributed by atoms with Gasteiger partial charge in [0.25, 0.3) is 0 Å². The van der Waals surface area contributed by atoms with Crippen molar-refractivity contribution in [2.45, 2.75) is 26.6 Å². The predicted molar refractivity (Wildman–Crippen MR) is 93.3 cm³/mol. The second-order valence-corrected chi connectivity index (χ2v) is 5.18. The molecule has 1 atom stereocenters. The summed E-state index contributed by atoms with van der Waals surface area (Å²) in [6.07, 6.45) is 0.0705. The van der Waals surface area contributed by atoms with Crippen molar-refractivity contribution < 1.29 is 19.0 Å². The van der Waals surface area contributed by atoms with E-state index in [1.165, 1.54) is 5.56 Å². The number of hydrogen-bond acceptors (Lipinski definition) is 4. The van der Waals surface area contributed by atoms with Crippen LogP contribution in [0.25, 0.3) is 0 Å². The standard InChI is InChI=1S/C19H23NO4/c1-3-16-9-11-18(12-10-16)24-15(2)22-13-14-23-19(21)20-17-7-5-4-6-8-17/h4-12,15H,3,13-14H2,1-2H3,(H,20,21). The third kappa shape index (κ3) is 6.30. The van der Waals surface area contributed by atoms with E-state index in [1.54, 1.807) is 19.1 Å². The molecule has 5 heteroatoms. The number of carbonyl (C=O) groups is 1. The van der Waals surface area contributed by atoms with Crippen LogP contribution in [0.15, 0.2) is 54.6 Å². The molecule has 0 spiro atoms. The molecule has 0 heterocycles. The van der Waals surface area contributed by atoms with Gasteiger partial charge in [-0.25, -0.2) is 4.79 Å². The molecular formula is C19H23NO4. The molecule has 0 aliphatic carbocycles. The van der Waals surface area contributed by atoms with E-state index in [9.17, 15) is 4.79 Å². The van der Waals surface area contributed by atoms with Gasteiger partial charge in [0.2, 0.25) is 0 Å². The summed E-state index contributed by atoms with van der Waals surface area (Å²) in [7, 11) is 0. The highest BCUT2D eigenvalue weighted by atomic mass is 16.7. The smallest absolute Gasteiger partial charge is 0.411 e. The van der Waals surface area contributed by atoms with Gasteiger partial charge in [0.1, 0.15) is 12.4 Å². The summed E-state index contributed by atoms with van der Waals surface area (Å²) in [6.45, 7) is 4.32. The second-order valence-electron chi connectivity index (χ2n) is 5.18. The van der Waals surface area contributed by atoms with E-state index in [-0.39, 0.29) is 13.2 Å². The zero-order chi connectivity index (χ0) is 17.2. The first-order valence-electron chi connectivity index (χ1n) is 8.03. The second kappa shape index (κ2) is 9.57. The number of rotatable bonds is 8. The molecule has 2 aromatic carbocycles. The van der Waals surface area contributed by atoms with Gasteiger partial charge in [-0.05, 0) is 43.2 Å². The number of amides is 1. The van der Waals surface area contributed by atoms with Gasteiger partial charge in [-0.2, -0.15) is 0 Å². The van der Waals surface area contributed by atoms with Gasteiger partial charge in [0.15, 0.2) is 6.29 Å². The zero-order valence-electron chi connectivity index (χ0n) is 14.0. The number of aryl methyl sites for hydroxylation is 1. The Morgan fingerprint density at radius 2 is 1.75 bits per heavy atom. The average molecular weight is 329 g/mol. The minimum atomic E-state index is -0.506. The Labute approximate surface area is 142 Å². The molecule has 0 bridgehead atoms. The van der Waals surface area contributed by atoms with Gasteiger partial charge in [0, 0.05) is 5.69 Å². The first-order valence-corrected chi connectivity index (χ1v) is 8.03. The molecule has 0 saturated carbocycles. The van der Waals surface area contributed by atoms with Gasteiger partial charge in [-0.1, -0.05) is 37.3 Å². The summed E-state index contributed by atoms with van der Waals surface area (Å²) in [5, 5.41) is 2.63. The molecule has 24 heavy (non-hydrogen) atoms. The Kier molecular flexibility index (Phi) is 7.11. The van der Waals surface area contributed by atoms with Crippen LogP contribution in [0.1, 0.15) is 19.4 Å². The number of carbonyl (C=O) groups excluding carboxylic acids is 1. The van der Waals surface area contributed by atoms with Crippen LogP contribution in [-0.4, -0.2) is 25.6 Å². The van der Waals surface area contributed by atoms with Gasteiger partial charge < -0.3 is 14.2 Å². The Balaban J connectivity index is 1.61. The highest BCUT2D eigenvalue weighted by Crippen LogP contribution is 2.14. The molecule has 0 fully saturated rings. The maximum absolute atomic E-state index is 11.6. The van der Waals surface area contributed by atoms with Gasteiger partial charge in [-0.15, -0.1) is 0 Å². The third-order valence-corrected chi connectivity index (χ3v) is 3.32. The molecule has 128 valence electrons. The van der Waals surface area contributed by atoms with Crippen molar-refractivity contribution in [2.24, 2.45) is 0 Å². The van der Waals surface area contributed by atoms with Crippen molar-refractivity contribution in [1.82, 2.24) is 0 Å². The van der Waals surface area contributed by atoms with E-state index < -0.39 is 12.4 Å². The van der Waals surface area contributed by atoms with Crippen molar-refractivity contribution in [2.75, 3.05) is 18.5 Å². The quantitative estimate of drug-likeness (QED) is 0.581. The lowest BCUT2D eigenvalue weighted by molar-refractivity contribution is -0.0765. The first-order chi connectivity index (χ1) is 11.7. The molecule has 0 aromatic heterocycles. The summed E-state index contributed by atoms with van der Waals surface area (Å²) in [4.78, 5) is 11.6. The number of nitrogens with one attached hydrogen (secondary N) is 1. The van der Waals surface area contributed by atoms with Crippen molar-refractivity contribution >= 4 is 11.8 Å². The highest BCUT2D eigenvalue weighted by molar-refractivity contribution is 5.84. The van der Waals surface area contributed by atoms with Crippen LogP contribution in [0.4, 0.5) is 10.5 Å². The SMILES string of the molecule is CCc1ccc(OC(C)OCCOC(=O)Nc2ccccc2)cc1. The maximum Gasteiger partial charge on any atom is 0.411 e. The van der Waals surface area contributed by atoms with E-state index in [2.05, 4.69) is 12.2 Å². The van der Waals surface area contributed by atoms with E-state index >= 15 is 0 Å². The summed E-state index contributed by atoms with van der Waals surface area (Å²) in [5.41, 5.74) is 1.95. The highest BCUT2D eigenvalue weighted by Gasteiger charge is 2.06. The fourth-order valence-electron chi connectivity index (χ4n) is 2.05. The Bertz CT molecular complexity index is 613. The van der Waals surface area contributed by atoms with Crippen LogP contribution in [0.3, 0.4) is 0 Å². The lowest BCUT2D eigenvalue weighted by Gasteiger charge is -2.15. The Hall–Kier alpha value is -2.53. The molecule has 5 nitrogen and oxygen atoms in total. The van der Waals surface area contributed by atoms with Crippen molar-refractivity contribution in [3.63, 3.8) is 0 Å². The van der Waals surface area contributed by atoms with Crippen LogP contribution in [0.5, 0.6) is 5.75 Å². The Morgan fingerprint density at radius 3 is 2.42 bits per heavy atom. The van der Waals surface area contributed by atoms with Crippen LogP contribution in [-0.2, 0) is 15.9 Å². The number of ether oxygens (including phenoxy) is 3. The van der Waals surface area contributed by atoms with E-state index in [1.807, 2.05) is 42.5 Å². The molecule has 1 N–H and O–H groups in total. The molecule has 0 saturated heterocycles. The van der Waals surface area contributed by atoms with Gasteiger partial charge in [0.05, 0.1) is 6.61 Å². The third-order valence-electron chi connectivity index (χ3n) is 3.32. The van der Waals surface area contributed by atoms with E-state index in [0.717, 1.165) is 12.2 Å². The summed E-state index contributed by atoms with van der Waals surface area (Å²) in [5.74, 6) is 0.752. The van der Waals surface area contributed by atoms with Gasteiger partial charge >= 0.3 is 6.09 Å². The molecule has 2 rings (SSSR count). The van der Waals surface area contributed by atoms with Crippen LogP contribution >= 0.6 is 0 Å². The van der Waals surface area contributed by atoms with Crippen molar-refractivity contribution in [3.05, 3.63) is 60.2 Å². The Morgan fingerprint density at radius 1 is 1.04 bits per heavy atom. The fourth-order valence-corrected chi connectivity index (χ4v) is 2.05. The molecule has 0 radical (unpaired) electrons. The monoisotopic (exact) mass is 329 g/mol. The summed E-state index contributed by atoms with van der Waals surface area (Å²) in [6, 6.07) is 17.0. The predicted octanol–water partition coefficient (Wildman–Crippen LogP) is 4.24. The molecule has 1 unspecified atom stereocenters. The number of hydrogen-bond donors (Lipinski definition) is 1. The summed E-state index contributed by atoms with van der Waals surface area (Å²) >= 11 is 0. The lowest BCUT2D eigenvalue weighted by Crippen LogP contribution is -2.21.